The number of pyridine rings is 1. The van der Waals surface area contributed by atoms with Crippen LogP contribution in [-0.4, -0.2) is 159 Å². The Labute approximate surface area is 312 Å². The van der Waals surface area contributed by atoms with Gasteiger partial charge in [0.25, 0.3) is 5.91 Å². The third-order valence-corrected chi connectivity index (χ3v) is 7.49. The normalized spacial score (nSPS) is 12.1. The summed E-state index contributed by atoms with van der Waals surface area (Å²) in [5.74, 6) is -7.52. The zero-order chi connectivity index (χ0) is 41.1. The lowest BCUT2D eigenvalue weighted by atomic mass is 10.2. The van der Waals surface area contributed by atoms with Crippen LogP contribution in [0.15, 0.2) is 36.4 Å². The highest BCUT2D eigenvalue weighted by Gasteiger charge is 2.33. The molecule has 19 nitrogen and oxygen atoms in total. The summed E-state index contributed by atoms with van der Waals surface area (Å²) in [5, 5.41) is 49.2. The number of aliphatic carboxylic acids is 5. The van der Waals surface area contributed by atoms with E-state index >= 15 is 0 Å². The first-order valence-corrected chi connectivity index (χ1v) is 16.6. The van der Waals surface area contributed by atoms with Crippen molar-refractivity contribution in [1.82, 2.24) is 25.0 Å². The second-order valence-corrected chi connectivity index (χ2v) is 12.0. The minimum Gasteiger partial charge on any atom is -0.480 e. The smallest absolute Gasteiger partial charge is 0.433 e. The van der Waals surface area contributed by atoms with Crippen LogP contribution in [0.4, 0.5) is 13.2 Å². The van der Waals surface area contributed by atoms with Gasteiger partial charge in [0.15, 0.2) is 0 Å². The maximum Gasteiger partial charge on any atom is 0.433 e. The van der Waals surface area contributed by atoms with Crippen LogP contribution in [0.5, 0.6) is 11.6 Å². The fourth-order valence-corrected chi connectivity index (χ4v) is 5.09. The Hall–Kier alpha value is -5.42. The molecule has 2 rings (SSSR count). The van der Waals surface area contributed by atoms with E-state index in [1.54, 1.807) is 0 Å². The molecule has 1 amide bonds. The lowest BCUT2D eigenvalue weighted by molar-refractivity contribution is -0.145. The number of alkyl halides is 3. The number of ether oxygens (including phenoxy) is 2. The molecule has 55 heavy (non-hydrogen) atoms. The van der Waals surface area contributed by atoms with E-state index in [9.17, 15) is 57.3 Å². The number of carboxylic acid groups (broad SMARTS) is 5. The van der Waals surface area contributed by atoms with Crippen molar-refractivity contribution in [2.45, 2.75) is 31.6 Å². The van der Waals surface area contributed by atoms with Crippen molar-refractivity contribution < 1.29 is 76.9 Å². The Balaban J connectivity index is 2.00. The number of nitrogens with one attached hydrogen (secondary N) is 1. The molecule has 1 aromatic heterocycles. The van der Waals surface area contributed by atoms with E-state index in [1.165, 1.54) is 35.2 Å². The quantitative estimate of drug-likeness (QED) is 0.0610. The molecule has 22 heteroatoms. The van der Waals surface area contributed by atoms with Gasteiger partial charge in [-0.3, -0.25) is 43.5 Å². The van der Waals surface area contributed by atoms with E-state index in [0.29, 0.717) is 12.8 Å². The molecule has 1 atom stereocenters. The van der Waals surface area contributed by atoms with Crippen molar-refractivity contribution >= 4 is 35.8 Å². The van der Waals surface area contributed by atoms with E-state index in [4.69, 9.17) is 25.4 Å². The van der Waals surface area contributed by atoms with Crippen molar-refractivity contribution in [3.63, 3.8) is 0 Å². The number of amides is 1. The molecule has 0 saturated carbocycles. The highest BCUT2D eigenvalue weighted by Crippen LogP contribution is 2.31. The van der Waals surface area contributed by atoms with Crippen molar-refractivity contribution in [3.8, 4) is 11.6 Å². The lowest BCUT2D eigenvalue weighted by Gasteiger charge is -2.34. The molecule has 304 valence electrons. The lowest BCUT2D eigenvalue weighted by Crippen LogP contribution is -2.52. The van der Waals surface area contributed by atoms with Crippen LogP contribution >= 0.6 is 0 Å². The molecule has 2 aromatic rings. The first-order valence-electron chi connectivity index (χ1n) is 16.6. The second-order valence-electron chi connectivity index (χ2n) is 12.0. The Kier molecular flexibility index (Phi) is 18.9. The van der Waals surface area contributed by atoms with Crippen LogP contribution in [-0.2, 0) is 41.4 Å². The number of nitrogens with zero attached hydrogens (tertiary/aromatic N) is 4. The summed E-state index contributed by atoms with van der Waals surface area (Å²) in [7, 11) is 0. The van der Waals surface area contributed by atoms with Crippen LogP contribution in [0, 0.1) is 0 Å². The highest BCUT2D eigenvalue weighted by atomic mass is 19.4. The average molecular weight is 789 g/mol. The number of aromatic nitrogens is 1. The van der Waals surface area contributed by atoms with Gasteiger partial charge in [-0.1, -0.05) is 6.07 Å². The van der Waals surface area contributed by atoms with Crippen LogP contribution in [0.2, 0.25) is 0 Å². The van der Waals surface area contributed by atoms with Gasteiger partial charge in [-0.15, -0.1) is 0 Å². The summed E-state index contributed by atoms with van der Waals surface area (Å²) in [6.45, 7) is -4.22. The Morgan fingerprint density at radius 3 is 1.95 bits per heavy atom. The molecule has 0 fully saturated rings. The van der Waals surface area contributed by atoms with Gasteiger partial charge in [-0.2, -0.15) is 13.2 Å². The van der Waals surface area contributed by atoms with E-state index in [-0.39, 0.29) is 68.7 Å². The maximum absolute atomic E-state index is 13.2. The van der Waals surface area contributed by atoms with E-state index in [0.717, 1.165) is 15.9 Å². The molecular weight excluding hydrogens is 745 g/mol. The summed E-state index contributed by atoms with van der Waals surface area (Å²) >= 11 is 0. The van der Waals surface area contributed by atoms with Gasteiger partial charge in [-0.05, 0) is 42.7 Å². The number of unbranched alkanes of at least 4 members (excludes halogenated alkanes) is 1. The number of hydrogen-bond acceptors (Lipinski definition) is 13. The second kappa shape index (κ2) is 22.7. The van der Waals surface area contributed by atoms with Crippen LogP contribution in [0.1, 0.15) is 34.5 Å². The first kappa shape index (κ1) is 45.7. The predicted molar refractivity (Wildman–Crippen MR) is 182 cm³/mol. The Morgan fingerprint density at radius 1 is 0.800 bits per heavy atom. The minimum atomic E-state index is -4.73. The SMILES string of the molecule is NCc1cc(Oc2cccc(C(=O)NCCCCOCC(CN(CCN(CC(=O)O)CC(=O)O)CC(=O)O)N(CC(=O)O)CC(=O)O)c2)nc(C(F)(F)F)c1. The topological polar surface area (TPSA) is 283 Å². The summed E-state index contributed by atoms with van der Waals surface area (Å²) in [4.78, 5) is 76.7. The van der Waals surface area contributed by atoms with Crippen molar-refractivity contribution in [1.29, 1.82) is 0 Å². The molecule has 0 aliphatic rings. The van der Waals surface area contributed by atoms with Crippen molar-refractivity contribution in [2.24, 2.45) is 5.73 Å². The molecule has 0 bridgehead atoms. The predicted octanol–water partition coefficient (Wildman–Crippen LogP) is 0.576. The molecule has 1 heterocycles. The molecule has 0 spiro atoms. The Morgan fingerprint density at radius 2 is 1.38 bits per heavy atom. The van der Waals surface area contributed by atoms with Gasteiger partial charge in [0, 0.05) is 57.0 Å². The van der Waals surface area contributed by atoms with Gasteiger partial charge in [0.1, 0.15) is 11.4 Å². The van der Waals surface area contributed by atoms with Crippen LogP contribution in [0.3, 0.4) is 0 Å². The highest BCUT2D eigenvalue weighted by molar-refractivity contribution is 5.94. The van der Waals surface area contributed by atoms with Crippen molar-refractivity contribution in [2.75, 3.05) is 72.1 Å². The van der Waals surface area contributed by atoms with Crippen LogP contribution < -0.4 is 15.8 Å². The zero-order valence-electron chi connectivity index (χ0n) is 29.4. The maximum atomic E-state index is 13.2. The van der Waals surface area contributed by atoms with Gasteiger partial charge in [0.2, 0.25) is 5.88 Å². The largest absolute Gasteiger partial charge is 0.480 e. The molecule has 0 aliphatic heterocycles. The number of halogens is 3. The minimum absolute atomic E-state index is 0.0463. The number of carboxylic acids is 5. The Bertz CT molecular complexity index is 1600. The monoisotopic (exact) mass is 788 g/mol. The van der Waals surface area contributed by atoms with E-state index < -0.39 is 86.4 Å². The number of benzene rings is 1. The average Bonchev–Trinajstić information content (AvgIpc) is 3.07. The molecule has 1 aromatic carbocycles. The number of carbonyl (C=O) groups is 6. The van der Waals surface area contributed by atoms with E-state index in [1.807, 2.05) is 0 Å². The molecule has 0 saturated heterocycles. The molecule has 0 aliphatic carbocycles. The van der Waals surface area contributed by atoms with Crippen LogP contribution in [0.25, 0.3) is 0 Å². The third-order valence-electron chi connectivity index (χ3n) is 7.49. The van der Waals surface area contributed by atoms with Gasteiger partial charge >= 0.3 is 36.0 Å². The number of rotatable bonds is 27. The fourth-order valence-electron chi connectivity index (χ4n) is 5.09. The van der Waals surface area contributed by atoms with E-state index in [2.05, 4.69) is 10.3 Å². The van der Waals surface area contributed by atoms with Crippen molar-refractivity contribution in [3.05, 3.63) is 53.2 Å². The summed E-state index contributed by atoms with van der Waals surface area (Å²) < 4.78 is 50.9. The van der Waals surface area contributed by atoms with Gasteiger partial charge in [0.05, 0.1) is 39.3 Å². The zero-order valence-corrected chi connectivity index (χ0v) is 29.4. The molecule has 1 unspecified atom stereocenters. The molecule has 0 radical (unpaired) electrons. The standard InChI is InChI=1S/C33H43F3N6O13/c34-33(35,36)25-10-21(13-37)11-26(39-25)55-24-5-3-4-22(12-24)32(53)38-6-1-2-9-54-20-23(42(18-30(49)50)19-31(51)52)14-40(15-27(43)44)7-8-41(16-28(45)46)17-29(47)48/h3-5,10-12,23H,1-2,6-9,13-20,37H2,(H,38,53)(H,43,44)(H,45,46)(H,47,48)(H,49,50)(H,51,52). The summed E-state index contributed by atoms with van der Waals surface area (Å²) in [6.07, 6.45) is -4.00. The number of carbonyl (C=O) groups excluding carboxylic acids is 1. The van der Waals surface area contributed by atoms with Gasteiger partial charge < -0.3 is 46.1 Å². The fraction of sp³-hybridized carbons (Fsp3) is 0.485. The summed E-state index contributed by atoms with van der Waals surface area (Å²) in [5.41, 5.74) is 4.59. The third kappa shape index (κ3) is 18.5. The number of hydrogen-bond donors (Lipinski definition) is 7. The summed E-state index contributed by atoms with van der Waals surface area (Å²) in [6, 6.07) is 6.72. The molecule has 8 N–H and O–H groups in total. The molecular formula is C33H43F3N6O13. The van der Waals surface area contributed by atoms with Gasteiger partial charge in [-0.25, -0.2) is 4.98 Å². The first-order chi connectivity index (χ1) is 25.9. The number of nitrogens with two attached hydrogens (primary N) is 1.